The van der Waals surface area contributed by atoms with Crippen molar-refractivity contribution >= 4 is 15.7 Å². The highest BCUT2D eigenvalue weighted by Crippen LogP contribution is 2.26. The van der Waals surface area contributed by atoms with Crippen LogP contribution in [-0.4, -0.2) is 37.5 Å². The highest BCUT2D eigenvalue weighted by Gasteiger charge is 2.30. The Hall–Kier alpha value is -1.11. The van der Waals surface area contributed by atoms with Crippen molar-refractivity contribution in [2.45, 2.75) is 17.7 Å². The van der Waals surface area contributed by atoms with Crippen LogP contribution >= 0.6 is 0 Å². The molecule has 0 spiro atoms. The molecule has 1 unspecified atom stereocenters. The average molecular weight is 270 g/mol. The Morgan fingerprint density at radius 3 is 2.78 bits per heavy atom. The molecule has 1 aliphatic rings. The van der Waals surface area contributed by atoms with Crippen LogP contribution in [0.3, 0.4) is 0 Å². The lowest BCUT2D eigenvalue weighted by Crippen LogP contribution is -2.41. The predicted octanol–water partition coefficient (Wildman–Crippen LogP) is 0.662. The molecule has 0 aliphatic carbocycles. The molecule has 0 aromatic heterocycles. The van der Waals surface area contributed by atoms with Gasteiger partial charge in [0.2, 0.25) is 10.0 Å². The van der Waals surface area contributed by atoms with E-state index in [0.29, 0.717) is 13.1 Å². The van der Waals surface area contributed by atoms with Gasteiger partial charge in [0, 0.05) is 19.7 Å². The van der Waals surface area contributed by atoms with E-state index in [1.807, 2.05) is 0 Å². The van der Waals surface area contributed by atoms with Gasteiger partial charge in [0.05, 0.1) is 5.69 Å². The van der Waals surface area contributed by atoms with Gasteiger partial charge in [-0.3, -0.25) is 0 Å². The van der Waals surface area contributed by atoms with Crippen molar-refractivity contribution in [1.29, 1.82) is 0 Å². The van der Waals surface area contributed by atoms with Gasteiger partial charge in [-0.25, -0.2) is 8.42 Å². The largest absolute Gasteiger partial charge is 0.398 e. The summed E-state index contributed by atoms with van der Waals surface area (Å²) in [6, 6.07) is 6.48. The summed E-state index contributed by atoms with van der Waals surface area (Å²) in [5.74, 6) is 0.0264. The molecular weight excluding hydrogens is 252 g/mol. The van der Waals surface area contributed by atoms with E-state index in [0.717, 1.165) is 12.8 Å². The molecule has 1 aromatic rings. The third-order valence-electron chi connectivity index (χ3n) is 3.28. The Morgan fingerprint density at radius 2 is 2.11 bits per heavy atom. The molecule has 0 radical (unpaired) electrons. The first kappa shape index (κ1) is 13.3. The number of piperidine rings is 1. The molecule has 5 nitrogen and oxygen atoms in total. The molecule has 1 aromatic carbocycles. The third kappa shape index (κ3) is 2.50. The van der Waals surface area contributed by atoms with Crippen LogP contribution in [0.15, 0.2) is 29.2 Å². The Labute approximate surface area is 107 Å². The Kier molecular flexibility index (Phi) is 3.89. The van der Waals surface area contributed by atoms with Crippen molar-refractivity contribution in [3.05, 3.63) is 24.3 Å². The van der Waals surface area contributed by atoms with Crippen molar-refractivity contribution in [3.8, 4) is 0 Å². The second kappa shape index (κ2) is 5.26. The summed E-state index contributed by atoms with van der Waals surface area (Å²) in [5.41, 5.74) is 5.99. The number of hydrogen-bond acceptors (Lipinski definition) is 4. The van der Waals surface area contributed by atoms with Crippen molar-refractivity contribution in [2.75, 3.05) is 25.4 Å². The number of benzene rings is 1. The molecule has 1 atom stereocenters. The van der Waals surface area contributed by atoms with E-state index in [9.17, 15) is 8.42 Å². The lowest BCUT2D eigenvalue weighted by atomic mass is 10.0. The maximum Gasteiger partial charge on any atom is 0.245 e. The number of hydrogen-bond donors (Lipinski definition) is 2. The lowest BCUT2D eigenvalue weighted by molar-refractivity contribution is 0.165. The molecule has 1 fully saturated rings. The smallest absolute Gasteiger partial charge is 0.245 e. The quantitative estimate of drug-likeness (QED) is 0.790. The molecule has 1 heterocycles. The molecule has 0 saturated carbocycles. The van der Waals surface area contributed by atoms with E-state index < -0.39 is 10.0 Å². The number of nitrogen functional groups attached to an aromatic ring is 1. The lowest BCUT2D eigenvalue weighted by Gasteiger charge is -2.31. The summed E-state index contributed by atoms with van der Waals surface area (Å²) in [5, 5.41) is 9.15. The number of nitrogens with two attached hydrogens (primary N) is 1. The highest BCUT2D eigenvalue weighted by molar-refractivity contribution is 7.89. The van der Waals surface area contributed by atoms with E-state index in [2.05, 4.69) is 0 Å². The normalized spacial score (nSPS) is 21.9. The average Bonchev–Trinajstić information content (AvgIpc) is 2.39. The summed E-state index contributed by atoms with van der Waals surface area (Å²) in [4.78, 5) is 0.156. The van der Waals surface area contributed by atoms with Crippen molar-refractivity contribution in [3.63, 3.8) is 0 Å². The molecule has 1 aliphatic heterocycles. The molecule has 0 amide bonds. The zero-order chi connectivity index (χ0) is 13.2. The Morgan fingerprint density at radius 1 is 1.39 bits per heavy atom. The van der Waals surface area contributed by atoms with Crippen LogP contribution in [0.25, 0.3) is 0 Å². The number of sulfonamides is 1. The maximum absolute atomic E-state index is 12.4. The van der Waals surface area contributed by atoms with Crippen LogP contribution < -0.4 is 5.73 Å². The fraction of sp³-hybridized carbons (Fsp3) is 0.500. The number of nitrogens with zero attached hydrogens (tertiary/aromatic N) is 1. The number of anilines is 1. The van der Waals surface area contributed by atoms with Gasteiger partial charge < -0.3 is 10.8 Å². The van der Waals surface area contributed by atoms with Crippen LogP contribution in [0, 0.1) is 5.92 Å². The number of aliphatic hydroxyl groups excluding tert-OH is 1. The molecule has 3 N–H and O–H groups in total. The molecule has 1 saturated heterocycles. The minimum absolute atomic E-state index is 0.0241. The van der Waals surface area contributed by atoms with Crippen molar-refractivity contribution in [2.24, 2.45) is 5.92 Å². The van der Waals surface area contributed by atoms with Crippen LogP contribution in [0.1, 0.15) is 12.8 Å². The van der Waals surface area contributed by atoms with Gasteiger partial charge in [-0.15, -0.1) is 0 Å². The van der Waals surface area contributed by atoms with E-state index in [1.54, 1.807) is 18.2 Å². The van der Waals surface area contributed by atoms with E-state index >= 15 is 0 Å². The zero-order valence-electron chi connectivity index (χ0n) is 10.1. The van der Waals surface area contributed by atoms with E-state index in [1.165, 1.54) is 10.4 Å². The molecular formula is C12H18N2O3S. The van der Waals surface area contributed by atoms with E-state index in [-0.39, 0.29) is 23.1 Å². The maximum atomic E-state index is 12.4. The summed E-state index contributed by atoms with van der Waals surface area (Å²) in [7, 11) is -3.54. The second-order valence-electron chi connectivity index (χ2n) is 4.59. The first-order chi connectivity index (χ1) is 8.55. The summed E-state index contributed by atoms with van der Waals surface area (Å²) in [6.45, 7) is 0.886. The molecule has 0 bridgehead atoms. The Bertz CT molecular complexity index is 516. The third-order valence-corrected chi connectivity index (χ3v) is 5.22. The van der Waals surface area contributed by atoms with Gasteiger partial charge in [0.1, 0.15) is 4.90 Å². The van der Waals surface area contributed by atoms with Gasteiger partial charge >= 0.3 is 0 Å². The van der Waals surface area contributed by atoms with Gasteiger partial charge in [-0.2, -0.15) is 4.31 Å². The highest BCUT2D eigenvalue weighted by atomic mass is 32.2. The zero-order valence-corrected chi connectivity index (χ0v) is 10.9. The SMILES string of the molecule is Nc1ccccc1S(=O)(=O)N1CCCC(CO)C1. The number of rotatable bonds is 3. The Balaban J connectivity index is 2.29. The van der Waals surface area contributed by atoms with Crippen LogP contribution in [0.5, 0.6) is 0 Å². The summed E-state index contributed by atoms with van der Waals surface area (Å²) < 4.78 is 26.3. The number of para-hydroxylation sites is 1. The van der Waals surface area contributed by atoms with Crippen molar-refractivity contribution < 1.29 is 13.5 Å². The van der Waals surface area contributed by atoms with Crippen molar-refractivity contribution in [1.82, 2.24) is 4.31 Å². The minimum atomic E-state index is -3.54. The topological polar surface area (TPSA) is 83.6 Å². The predicted molar refractivity (Wildman–Crippen MR) is 69.4 cm³/mol. The first-order valence-electron chi connectivity index (χ1n) is 6.01. The molecule has 18 heavy (non-hydrogen) atoms. The fourth-order valence-corrected chi connectivity index (χ4v) is 3.92. The first-order valence-corrected chi connectivity index (χ1v) is 7.45. The minimum Gasteiger partial charge on any atom is -0.398 e. The fourth-order valence-electron chi connectivity index (χ4n) is 2.25. The molecule has 6 heteroatoms. The molecule has 2 rings (SSSR count). The van der Waals surface area contributed by atoms with Crippen LogP contribution in [0.2, 0.25) is 0 Å². The number of aliphatic hydroxyl groups is 1. The van der Waals surface area contributed by atoms with Gasteiger partial charge in [0.15, 0.2) is 0 Å². The summed E-state index contributed by atoms with van der Waals surface area (Å²) in [6.07, 6.45) is 1.64. The van der Waals surface area contributed by atoms with Gasteiger partial charge in [0.25, 0.3) is 0 Å². The standard InChI is InChI=1S/C12H18N2O3S/c13-11-5-1-2-6-12(11)18(16,17)14-7-3-4-10(8-14)9-15/h1-2,5-6,10,15H,3-4,7-9,13H2. The van der Waals surface area contributed by atoms with Gasteiger partial charge in [-0.05, 0) is 30.9 Å². The van der Waals surface area contributed by atoms with Crippen LogP contribution in [-0.2, 0) is 10.0 Å². The van der Waals surface area contributed by atoms with Crippen LogP contribution in [0.4, 0.5) is 5.69 Å². The molecule has 100 valence electrons. The summed E-state index contributed by atoms with van der Waals surface area (Å²) >= 11 is 0. The van der Waals surface area contributed by atoms with Gasteiger partial charge in [-0.1, -0.05) is 12.1 Å². The monoisotopic (exact) mass is 270 g/mol. The second-order valence-corrected chi connectivity index (χ2v) is 6.50. The van der Waals surface area contributed by atoms with E-state index in [4.69, 9.17) is 10.8 Å².